The van der Waals surface area contributed by atoms with E-state index in [1.807, 2.05) is 20.8 Å². The summed E-state index contributed by atoms with van der Waals surface area (Å²) in [7, 11) is 0. The topological polar surface area (TPSA) is 45.2 Å². The van der Waals surface area contributed by atoms with Crippen molar-refractivity contribution in [3.8, 4) is 11.4 Å². The predicted octanol–water partition coefficient (Wildman–Crippen LogP) is 4.54. The molecule has 1 aliphatic rings. The molecule has 28 heavy (non-hydrogen) atoms. The van der Waals surface area contributed by atoms with Crippen LogP contribution in [0.25, 0.3) is 11.4 Å². The van der Waals surface area contributed by atoms with Gasteiger partial charge in [0.05, 0.1) is 13.1 Å². The standard InChI is InChI=1S/C18H20Cl2F3N5/c1-17(2,3)28-7-6-27(9-18(22,23)10-28)16-13(19)14(20)25-15(26-16)11-4-5-24-12(21)8-11/h4-5,8H,6-7,9-10H2,1-3H3. The lowest BCUT2D eigenvalue weighted by Crippen LogP contribution is -2.47. The van der Waals surface area contributed by atoms with Crippen molar-refractivity contribution in [2.45, 2.75) is 32.2 Å². The second-order valence-corrected chi connectivity index (χ2v) is 8.45. The second kappa shape index (κ2) is 7.65. The van der Waals surface area contributed by atoms with Gasteiger partial charge in [-0.3, -0.25) is 4.90 Å². The van der Waals surface area contributed by atoms with Crippen molar-refractivity contribution >= 4 is 29.0 Å². The third-order valence-electron chi connectivity index (χ3n) is 4.51. The Balaban J connectivity index is 2.00. The summed E-state index contributed by atoms with van der Waals surface area (Å²) in [5.41, 5.74) is -0.0862. The lowest BCUT2D eigenvalue weighted by Gasteiger charge is -2.35. The van der Waals surface area contributed by atoms with Crippen LogP contribution < -0.4 is 4.90 Å². The molecule has 0 unspecified atom stereocenters. The largest absolute Gasteiger partial charge is 0.348 e. The highest BCUT2D eigenvalue weighted by molar-refractivity contribution is 6.42. The van der Waals surface area contributed by atoms with Gasteiger partial charge in [0, 0.05) is 36.5 Å². The molecule has 10 heteroatoms. The van der Waals surface area contributed by atoms with Crippen molar-refractivity contribution < 1.29 is 13.2 Å². The highest BCUT2D eigenvalue weighted by Crippen LogP contribution is 2.35. The smallest absolute Gasteiger partial charge is 0.277 e. The van der Waals surface area contributed by atoms with E-state index in [0.29, 0.717) is 12.1 Å². The molecule has 0 spiro atoms. The first-order valence-corrected chi connectivity index (χ1v) is 9.45. The summed E-state index contributed by atoms with van der Waals surface area (Å²) < 4.78 is 42.7. The van der Waals surface area contributed by atoms with Crippen molar-refractivity contribution in [1.82, 2.24) is 19.9 Å². The molecule has 3 heterocycles. The number of rotatable bonds is 2. The molecule has 0 amide bonds. The van der Waals surface area contributed by atoms with E-state index in [-0.39, 0.29) is 34.9 Å². The molecule has 1 fully saturated rings. The van der Waals surface area contributed by atoms with Crippen molar-refractivity contribution in [2.75, 3.05) is 31.1 Å². The molecule has 5 nitrogen and oxygen atoms in total. The molecular weight excluding hydrogens is 414 g/mol. The second-order valence-electron chi connectivity index (χ2n) is 7.71. The SMILES string of the molecule is CC(C)(C)N1CCN(c2nc(-c3ccnc(F)c3)nc(Cl)c2Cl)CC(F)(F)C1. The lowest BCUT2D eigenvalue weighted by atomic mass is 10.1. The number of aromatic nitrogens is 3. The molecule has 2 aromatic heterocycles. The van der Waals surface area contributed by atoms with Crippen LogP contribution in [0, 0.1) is 5.95 Å². The molecule has 0 aliphatic carbocycles. The molecule has 1 saturated heterocycles. The van der Waals surface area contributed by atoms with Crippen molar-refractivity contribution in [3.05, 3.63) is 34.5 Å². The number of hydrogen-bond acceptors (Lipinski definition) is 5. The number of pyridine rings is 1. The summed E-state index contributed by atoms with van der Waals surface area (Å²) in [4.78, 5) is 15.0. The Morgan fingerprint density at radius 2 is 1.82 bits per heavy atom. The zero-order valence-corrected chi connectivity index (χ0v) is 17.2. The number of anilines is 1. The average molecular weight is 434 g/mol. The highest BCUT2D eigenvalue weighted by Gasteiger charge is 2.41. The Morgan fingerprint density at radius 3 is 2.46 bits per heavy atom. The van der Waals surface area contributed by atoms with Gasteiger partial charge in [-0.15, -0.1) is 0 Å². The van der Waals surface area contributed by atoms with Gasteiger partial charge in [-0.05, 0) is 26.8 Å². The summed E-state index contributed by atoms with van der Waals surface area (Å²) in [6, 6.07) is 2.65. The number of nitrogens with zero attached hydrogens (tertiary/aromatic N) is 5. The van der Waals surface area contributed by atoms with E-state index in [0.717, 1.165) is 6.07 Å². The molecular formula is C18H20Cl2F3N5. The van der Waals surface area contributed by atoms with Crippen LogP contribution in [0.2, 0.25) is 10.2 Å². The third kappa shape index (κ3) is 4.67. The van der Waals surface area contributed by atoms with Crippen LogP contribution in [-0.4, -0.2) is 57.5 Å². The van der Waals surface area contributed by atoms with Gasteiger partial charge >= 0.3 is 0 Å². The Bertz CT molecular complexity index is 873. The minimum Gasteiger partial charge on any atom is -0.348 e. The third-order valence-corrected chi connectivity index (χ3v) is 5.23. The van der Waals surface area contributed by atoms with E-state index >= 15 is 0 Å². The maximum absolute atomic E-state index is 14.6. The first-order valence-electron chi connectivity index (χ1n) is 8.69. The number of halogens is 5. The van der Waals surface area contributed by atoms with E-state index < -0.39 is 24.0 Å². The molecule has 3 rings (SSSR count). The number of hydrogen-bond donors (Lipinski definition) is 0. The number of alkyl halides is 2. The van der Waals surface area contributed by atoms with Crippen molar-refractivity contribution in [3.63, 3.8) is 0 Å². The van der Waals surface area contributed by atoms with Crippen molar-refractivity contribution in [2.24, 2.45) is 0 Å². The van der Waals surface area contributed by atoms with Gasteiger partial charge in [-0.25, -0.2) is 23.7 Å². The van der Waals surface area contributed by atoms with Gasteiger partial charge in [0.1, 0.15) is 5.02 Å². The summed E-state index contributed by atoms with van der Waals surface area (Å²) in [5, 5.41) is -0.0981. The molecule has 0 bridgehead atoms. The normalized spacial score (nSPS) is 18.2. The molecule has 2 aromatic rings. The monoisotopic (exact) mass is 433 g/mol. The minimum atomic E-state index is -2.98. The van der Waals surface area contributed by atoms with E-state index in [1.54, 1.807) is 4.90 Å². The first-order chi connectivity index (χ1) is 13.0. The maximum Gasteiger partial charge on any atom is 0.277 e. The first kappa shape index (κ1) is 21.1. The lowest BCUT2D eigenvalue weighted by molar-refractivity contribution is -0.0357. The average Bonchev–Trinajstić information content (AvgIpc) is 2.75. The van der Waals surface area contributed by atoms with E-state index in [2.05, 4.69) is 15.0 Å². The van der Waals surface area contributed by atoms with Crippen LogP contribution in [0.3, 0.4) is 0 Å². The molecule has 152 valence electrons. The predicted molar refractivity (Wildman–Crippen MR) is 104 cm³/mol. The van der Waals surface area contributed by atoms with Gasteiger partial charge in [-0.1, -0.05) is 23.2 Å². The summed E-state index contributed by atoms with van der Waals surface area (Å²) in [5.74, 6) is -3.50. The fourth-order valence-corrected chi connectivity index (χ4v) is 3.42. The maximum atomic E-state index is 14.6. The molecule has 0 N–H and O–H groups in total. The van der Waals surface area contributed by atoms with Crippen LogP contribution in [0.1, 0.15) is 20.8 Å². The van der Waals surface area contributed by atoms with E-state index in [1.165, 1.54) is 17.2 Å². The summed E-state index contributed by atoms with van der Waals surface area (Å²) in [6.07, 6.45) is 1.26. The van der Waals surface area contributed by atoms with Crippen LogP contribution in [0.5, 0.6) is 0 Å². The van der Waals surface area contributed by atoms with Crippen LogP contribution in [-0.2, 0) is 0 Å². The Morgan fingerprint density at radius 1 is 1.11 bits per heavy atom. The zero-order chi connectivity index (χ0) is 20.7. The Labute approximate surface area is 171 Å². The summed E-state index contributed by atoms with van der Waals surface area (Å²) in [6.45, 7) is 5.43. The molecule has 0 saturated carbocycles. The van der Waals surface area contributed by atoms with E-state index in [4.69, 9.17) is 23.2 Å². The van der Waals surface area contributed by atoms with Crippen LogP contribution in [0.15, 0.2) is 18.3 Å². The Kier molecular flexibility index (Phi) is 5.76. The molecule has 0 atom stereocenters. The molecule has 0 aromatic carbocycles. The zero-order valence-electron chi connectivity index (χ0n) is 15.7. The van der Waals surface area contributed by atoms with Gasteiger partial charge < -0.3 is 4.90 Å². The van der Waals surface area contributed by atoms with Gasteiger partial charge in [0.15, 0.2) is 16.8 Å². The van der Waals surface area contributed by atoms with Gasteiger partial charge in [0.25, 0.3) is 5.92 Å². The van der Waals surface area contributed by atoms with Crippen LogP contribution >= 0.6 is 23.2 Å². The quantitative estimate of drug-likeness (QED) is 0.513. The highest BCUT2D eigenvalue weighted by atomic mass is 35.5. The van der Waals surface area contributed by atoms with Gasteiger partial charge in [-0.2, -0.15) is 4.39 Å². The van der Waals surface area contributed by atoms with Crippen molar-refractivity contribution in [1.29, 1.82) is 0 Å². The fraction of sp³-hybridized carbons (Fsp3) is 0.500. The Hall–Kier alpha value is -1.64. The van der Waals surface area contributed by atoms with Gasteiger partial charge in [0.2, 0.25) is 5.95 Å². The fourth-order valence-electron chi connectivity index (χ4n) is 3.05. The molecule has 0 radical (unpaired) electrons. The molecule has 1 aliphatic heterocycles. The van der Waals surface area contributed by atoms with Crippen LogP contribution in [0.4, 0.5) is 19.0 Å². The minimum absolute atomic E-state index is 0.0139. The summed E-state index contributed by atoms with van der Waals surface area (Å²) >= 11 is 12.4. The van der Waals surface area contributed by atoms with E-state index in [9.17, 15) is 13.2 Å².